The summed E-state index contributed by atoms with van der Waals surface area (Å²) in [6.45, 7) is 2.14. The molecular formula is C22H16N3OS+. The molecular weight excluding hydrogens is 354 g/mol. The van der Waals surface area contributed by atoms with Gasteiger partial charge in [0, 0.05) is 17.0 Å². The molecule has 0 unspecified atom stereocenters. The Morgan fingerprint density at radius 2 is 1.93 bits per heavy atom. The first-order valence-electron chi connectivity index (χ1n) is 8.88. The number of thiazole rings is 1. The maximum Gasteiger partial charge on any atom is 0.299 e. The lowest BCUT2D eigenvalue weighted by molar-refractivity contribution is -0.658. The number of rotatable bonds is 1. The van der Waals surface area contributed by atoms with Gasteiger partial charge in [0.05, 0.1) is 11.7 Å². The van der Waals surface area contributed by atoms with E-state index in [0.29, 0.717) is 5.71 Å². The van der Waals surface area contributed by atoms with E-state index >= 15 is 0 Å². The number of aromatic nitrogens is 3. The van der Waals surface area contributed by atoms with Gasteiger partial charge in [0.15, 0.2) is 11.1 Å². The Bertz CT molecular complexity index is 1500. The first-order chi connectivity index (χ1) is 13.2. The van der Waals surface area contributed by atoms with Gasteiger partial charge in [-0.3, -0.25) is 0 Å². The van der Waals surface area contributed by atoms with Crippen LogP contribution in [0.5, 0.6) is 0 Å². The van der Waals surface area contributed by atoms with Gasteiger partial charge in [-0.05, 0) is 36.8 Å². The van der Waals surface area contributed by atoms with Crippen molar-refractivity contribution in [2.45, 2.75) is 6.92 Å². The summed E-state index contributed by atoms with van der Waals surface area (Å²) in [6, 6.07) is 16.9. The monoisotopic (exact) mass is 370 g/mol. The Balaban J connectivity index is 1.83. The van der Waals surface area contributed by atoms with Crippen LogP contribution in [0.25, 0.3) is 48.5 Å². The second-order valence-electron chi connectivity index (χ2n) is 6.90. The third kappa shape index (κ3) is 1.92. The van der Waals surface area contributed by atoms with Crippen LogP contribution in [0, 0.1) is 6.92 Å². The van der Waals surface area contributed by atoms with Crippen molar-refractivity contribution in [3.05, 3.63) is 66.5 Å². The number of pyridine rings is 1. The molecule has 0 N–H and O–H groups in total. The first kappa shape index (κ1) is 14.9. The average molecular weight is 370 g/mol. The third-order valence-corrected chi connectivity index (χ3v) is 6.30. The predicted octanol–water partition coefficient (Wildman–Crippen LogP) is 5.25. The smallest absolute Gasteiger partial charge is 0.299 e. The number of benzene rings is 2. The van der Waals surface area contributed by atoms with Crippen LogP contribution in [0.15, 0.2) is 65.3 Å². The predicted molar refractivity (Wildman–Crippen MR) is 109 cm³/mol. The minimum Gasteiger partial charge on any atom is -0.437 e. The molecule has 0 saturated heterocycles. The van der Waals surface area contributed by atoms with Crippen LogP contribution >= 0.6 is 11.3 Å². The van der Waals surface area contributed by atoms with Crippen LogP contribution in [-0.2, 0) is 7.05 Å². The number of aryl methyl sites for hydroxylation is 2. The highest BCUT2D eigenvalue weighted by Crippen LogP contribution is 2.38. The lowest BCUT2D eigenvalue weighted by atomic mass is 10.0. The molecule has 130 valence electrons. The Hall–Kier alpha value is -3.18. The standard InChI is InChI=1S/C22H16N3OS/c1-13-9-10-14-15-6-5-11-23-21(15)26-20(14)19(13)22-24(2)12-18-25(22)16-7-3-4-8-17(16)27-18/h3-12H,1-2H3/q+1. The highest BCUT2D eigenvalue weighted by molar-refractivity contribution is 7.23. The molecule has 0 bridgehead atoms. The Morgan fingerprint density at radius 1 is 1.04 bits per heavy atom. The molecule has 0 aliphatic carbocycles. The van der Waals surface area contributed by atoms with E-state index < -0.39 is 0 Å². The maximum atomic E-state index is 6.25. The maximum absolute atomic E-state index is 6.25. The molecule has 0 aliphatic heterocycles. The zero-order valence-corrected chi connectivity index (χ0v) is 15.7. The molecule has 0 aliphatic rings. The van der Waals surface area contributed by atoms with E-state index in [1.165, 1.54) is 20.6 Å². The zero-order valence-electron chi connectivity index (χ0n) is 14.9. The van der Waals surface area contributed by atoms with Gasteiger partial charge in [-0.2, -0.15) is 4.40 Å². The van der Waals surface area contributed by atoms with Crippen molar-refractivity contribution in [3.8, 4) is 11.4 Å². The molecule has 0 fully saturated rings. The summed E-state index contributed by atoms with van der Waals surface area (Å²) >= 11 is 1.81. The van der Waals surface area contributed by atoms with E-state index in [4.69, 9.17) is 4.42 Å². The quantitative estimate of drug-likeness (QED) is 0.371. The second-order valence-corrected chi connectivity index (χ2v) is 7.96. The largest absolute Gasteiger partial charge is 0.437 e. The lowest BCUT2D eigenvalue weighted by Crippen LogP contribution is -2.28. The Kier molecular flexibility index (Phi) is 2.86. The lowest BCUT2D eigenvalue weighted by Gasteiger charge is -2.04. The van der Waals surface area contributed by atoms with Crippen LogP contribution in [-0.4, -0.2) is 9.38 Å². The molecule has 0 radical (unpaired) electrons. The average Bonchev–Trinajstić information content (AvgIpc) is 3.31. The van der Waals surface area contributed by atoms with Crippen LogP contribution < -0.4 is 4.57 Å². The summed E-state index contributed by atoms with van der Waals surface area (Å²) in [7, 11) is 2.10. The molecule has 0 spiro atoms. The van der Waals surface area contributed by atoms with Crippen molar-refractivity contribution in [2.75, 3.05) is 0 Å². The van der Waals surface area contributed by atoms with Gasteiger partial charge in [-0.1, -0.05) is 35.6 Å². The zero-order chi connectivity index (χ0) is 18.1. The van der Waals surface area contributed by atoms with Crippen LogP contribution in [0.4, 0.5) is 0 Å². The minimum absolute atomic E-state index is 0.685. The Morgan fingerprint density at radius 3 is 2.85 bits per heavy atom. The number of hydrogen-bond acceptors (Lipinski definition) is 3. The fraction of sp³-hybridized carbons (Fsp3) is 0.0909. The first-order valence-corrected chi connectivity index (χ1v) is 9.70. The van der Waals surface area contributed by atoms with E-state index in [-0.39, 0.29) is 0 Å². The summed E-state index contributed by atoms with van der Waals surface area (Å²) in [5.74, 6) is 1.13. The van der Waals surface area contributed by atoms with Gasteiger partial charge >= 0.3 is 0 Å². The minimum atomic E-state index is 0.685. The molecule has 5 heteroatoms. The van der Waals surface area contributed by atoms with Crippen LogP contribution in [0.1, 0.15) is 5.56 Å². The van der Waals surface area contributed by atoms with Crippen LogP contribution in [0.2, 0.25) is 0 Å². The number of imidazole rings is 1. The SMILES string of the molecule is Cc1ccc2c(oc3ncccc32)c1-c1n2c(c[n+]1C)sc1ccccc12. The summed E-state index contributed by atoms with van der Waals surface area (Å²) < 4.78 is 12.1. The van der Waals surface area contributed by atoms with Crippen molar-refractivity contribution in [1.29, 1.82) is 0 Å². The highest BCUT2D eigenvalue weighted by atomic mass is 32.1. The van der Waals surface area contributed by atoms with E-state index in [1.807, 2.05) is 6.07 Å². The molecule has 4 nitrogen and oxygen atoms in total. The van der Waals surface area contributed by atoms with Crippen molar-refractivity contribution < 1.29 is 8.98 Å². The van der Waals surface area contributed by atoms with Crippen molar-refractivity contribution in [2.24, 2.45) is 7.05 Å². The summed E-state index contributed by atoms with van der Waals surface area (Å²) in [4.78, 5) is 5.64. The molecule has 0 atom stereocenters. The van der Waals surface area contributed by atoms with Crippen molar-refractivity contribution >= 4 is 48.5 Å². The highest BCUT2D eigenvalue weighted by Gasteiger charge is 2.27. The van der Waals surface area contributed by atoms with Gasteiger partial charge in [-0.25, -0.2) is 9.55 Å². The normalized spacial score (nSPS) is 12.1. The molecule has 4 heterocycles. The van der Waals surface area contributed by atoms with E-state index in [0.717, 1.165) is 27.7 Å². The van der Waals surface area contributed by atoms with Crippen molar-refractivity contribution in [1.82, 2.24) is 9.38 Å². The second kappa shape index (κ2) is 5.18. The number of nitrogens with zero attached hydrogens (tertiary/aromatic N) is 3. The molecule has 0 amide bonds. The fourth-order valence-electron chi connectivity index (χ4n) is 4.03. The molecule has 4 aromatic heterocycles. The van der Waals surface area contributed by atoms with E-state index in [9.17, 15) is 0 Å². The molecule has 2 aromatic carbocycles. The van der Waals surface area contributed by atoms with Gasteiger partial charge in [0.25, 0.3) is 5.82 Å². The third-order valence-electron chi connectivity index (χ3n) is 5.24. The van der Waals surface area contributed by atoms with Gasteiger partial charge < -0.3 is 4.42 Å². The number of para-hydroxylation sites is 1. The van der Waals surface area contributed by atoms with Crippen molar-refractivity contribution in [3.63, 3.8) is 0 Å². The van der Waals surface area contributed by atoms with E-state index in [1.54, 1.807) is 17.5 Å². The Labute approximate surface area is 158 Å². The topological polar surface area (TPSA) is 34.3 Å². The number of furan rings is 1. The van der Waals surface area contributed by atoms with E-state index in [2.05, 4.69) is 76.6 Å². The summed E-state index contributed by atoms with van der Waals surface area (Å²) in [5, 5.41) is 2.16. The molecule has 27 heavy (non-hydrogen) atoms. The van der Waals surface area contributed by atoms with Crippen LogP contribution in [0.3, 0.4) is 0 Å². The van der Waals surface area contributed by atoms with Gasteiger partial charge in [0.2, 0.25) is 10.5 Å². The number of hydrogen-bond donors (Lipinski definition) is 0. The molecule has 6 aromatic rings. The fourth-order valence-corrected chi connectivity index (χ4v) is 5.15. The summed E-state index contributed by atoms with van der Waals surface area (Å²) in [5.41, 5.74) is 5.11. The molecule has 0 saturated carbocycles. The molecule has 6 rings (SSSR count). The van der Waals surface area contributed by atoms with Gasteiger partial charge in [0.1, 0.15) is 11.8 Å². The summed E-state index contributed by atoms with van der Waals surface area (Å²) in [6.07, 6.45) is 3.97. The van der Waals surface area contributed by atoms with Gasteiger partial charge in [-0.15, -0.1) is 0 Å². The number of fused-ring (bicyclic) bond motifs is 6.